The van der Waals surface area contributed by atoms with E-state index in [2.05, 4.69) is 33.4 Å². The SMILES string of the molecule is CC12CCN(CCCc3cccc(n3)Nc3n[nH]c4c3CN(C4)C1=O)C2. The molecule has 1 amide bonds. The van der Waals surface area contributed by atoms with Crippen LogP contribution in [-0.4, -0.2) is 50.5 Å². The molecule has 0 saturated carbocycles. The number of nitrogens with one attached hydrogen (secondary N) is 2. The number of fused-ring (bicyclic) bond motifs is 5. The number of amides is 1. The third-order valence-electron chi connectivity index (χ3n) is 5.97. The molecule has 3 aliphatic rings. The first-order valence-electron chi connectivity index (χ1n) is 9.42. The second-order valence-electron chi connectivity index (χ2n) is 8.02. The summed E-state index contributed by atoms with van der Waals surface area (Å²) in [4.78, 5) is 22.4. The van der Waals surface area contributed by atoms with Crippen LogP contribution in [0.3, 0.4) is 0 Å². The molecule has 7 nitrogen and oxygen atoms in total. The molecule has 26 heavy (non-hydrogen) atoms. The molecule has 2 unspecified atom stereocenters. The van der Waals surface area contributed by atoms with Crippen molar-refractivity contribution in [3.05, 3.63) is 35.2 Å². The maximum atomic E-state index is 13.2. The molecule has 0 spiro atoms. The minimum absolute atomic E-state index is 0.268. The highest BCUT2D eigenvalue weighted by Gasteiger charge is 2.44. The van der Waals surface area contributed by atoms with Gasteiger partial charge in [0.1, 0.15) is 5.82 Å². The lowest BCUT2D eigenvalue weighted by Gasteiger charge is -2.29. The molecule has 1 fully saturated rings. The maximum Gasteiger partial charge on any atom is 0.230 e. The Bertz CT molecular complexity index is 861. The summed E-state index contributed by atoms with van der Waals surface area (Å²) in [5, 5.41) is 10.8. The molecule has 0 radical (unpaired) electrons. The van der Waals surface area contributed by atoms with E-state index in [4.69, 9.17) is 4.98 Å². The van der Waals surface area contributed by atoms with Crippen LogP contribution in [0.5, 0.6) is 0 Å². The van der Waals surface area contributed by atoms with Crippen molar-refractivity contribution in [2.24, 2.45) is 5.41 Å². The van der Waals surface area contributed by atoms with Crippen molar-refractivity contribution in [2.45, 2.75) is 39.3 Å². The second-order valence-corrected chi connectivity index (χ2v) is 8.02. The average Bonchev–Trinajstić information content (AvgIpc) is 3.31. The van der Waals surface area contributed by atoms with Gasteiger partial charge >= 0.3 is 0 Å². The average molecular weight is 352 g/mol. The van der Waals surface area contributed by atoms with Crippen molar-refractivity contribution >= 4 is 17.5 Å². The van der Waals surface area contributed by atoms with Crippen LogP contribution in [0.1, 0.15) is 36.7 Å². The number of aromatic amines is 1. The number of nitrogens with zero attached hydrogens (tertiary/aromatic N) is 4. The number of carbonyl (C=O) groups excluding carboxylic acids is 1. The third kappa shape index (κ3) is 2.58. The first-order chi connectivity index (χ1) is 12.6. The first kappa shape index (κ1) is 15.8. The van der Waals surface area contributed by atoms with E-state index in [1.807, 2.05) is 17.0 Å². The van der Waals surface area contributed by atoms with Gasteiger partial charge in [-0.05, 0) is 51.4 Å². The Morgan fingerprint density at radius 1 is 1.23 bits per heavy atom. The largest absolute Gasteiger partial charge is 0.332 e. The Morgan fingerprint density at radius 2 is 2.15 bits per heavy atom. The number of anilines is 2. The van der Waals surface area contributed by atoms with Crippen molar-refractivity contribution in [1.29, 1.82) is 0 Å². The normalized spacial score (nSPS) is 27.8. The Kier molecular flexibility index (Phi) is 3.53. The second kappa shape index (κ2) is 5.81. The van der Waals surface area contributed by atoms with Crippen LogP contribution in [0.4, 0.5) is 11.6 Å². The molecule has 136 valence electrons. The number of carbonyl (C=O) groups is 1. The molecule has 1 saturated heterocycles. The lowest BCUT2D eigenvalue weighted by Crippen LogP contribution is -2.41. The molecule has 2 N–H and O–H groups in total. The number of rotatable bonds is 0. The van der Waals surface area contributed by atoms with E-state index in [-0.39, 0.29) is 11.3 Å². The summed E-state index contributed by atoms with van der Waals surface area (Å²) in [6, 6.07) is 6.09. The molecule has 5 rings (SSSR count). The number of hydrogen-bond acceptors (Lipinski definition) is 5. The molecule has 5 heterocycles. The molecule has 6 bridgehead atoms. The van der Waals surface area contributed by atoms with Crippen molar-refractivity contribution in [2.75, 3.05) is 25.0 Å². The summed E-state index contributed by atoms with van der Waals surface area (Å²) >= 11 is 0. The zero-order chi connectivity index (χ0) is 17.7. The fourth-order valence-electron chi connectivity index (χ4n) is 4.48. The van der Waals surface area contributed by atoms with Gasteiger partial charge in [-0.25, -0.2) is 4.98 Å². The minimum Gasteiger partial charge on any atom is -0.332 e. The van der Waals surface area contributed by atoms with Gasteiger partial charge in [0.05, 0.1) is 24.2 Å². The predicted octanol–water partition coefficient (Wildman–Crippen LogP) is 2.05. The summed E-state index contributed by atoms with van der Waals surface area (Å²) in [5.74, 6) is 1.86. The van der Waals surface area contributed by atoms with Gasteiger partial charge < -0.3 is 15.1 Å². The van der Waals surface area contributed by atoms with E-state index in [1.54, 1.807) is 0 Å². The molecule has 2 aromatic rings. The first-order valence-corrected chi connectivity index (χ1v) is 9.42. The monoisotopic (exact) mass is 352 g/mol. The van der Waals surface area contributed by atoms with Crippen molar-refractivity contribution in [1.82, 2.24) is 25.0 Å². The van der Waals surface area contributed by atoms with Crippen molar-refractivity contribution < 1.29 is 4.79 Å². The molecule has 3 aliphatic heterocycles. The summed E-state index contributed by atoms with van der Waals surface area (Å²) in [6.45, 7) is 6.23. The number of H-pyrrole nitrogens is 1. The molecular weight excluding hydrogens is 328 g/mol. The fraction of sp³-hybridized carbons (Fsp3) is 0.526. The Morgan fingerprint density at radius 3 is 3.08 bits per heavy atom. The van der Waals surface area contributed by atoms with Crippen LogP contribution in [0.2, 0.25) is 0 Å². The Labute approximate surface area is 152 Å². The standard InChI is InChI=1S/C19H24N6O/c1-19-7-9-24(12-19)8-3-5-13-4-2-6-16(20-13)21-17-14-10-25(18(19)26)11-15(14)22-23-17/h2,4,6H,3,5,7-12H2,1H3,(H2,20,21,22,23). The molecular formula is C19H24N6O. The lowest BCUT2D eigenvalue weighted by atomic mass is 9.88. The highest BCUT2D eigenvalue weighted by molar-refractivity contribution is 5.84. The molecule has 0 aromatic carbocycles. The predicted molar refractivity (Wildman–Crippen MR) is 97.8 cm³/mol. The molecule has 7 heteroatoms. The van der Waals surface area contributed by atoms with Crippen LogP contribution in [-0.2, 0) is 24.3 Å². The van der Waals surface area contributed by atoms with E-state index in [1.165, 1.54) is 0 Å². The van der Waals surface area contributed by atoms with Gasteiger partial charge in [-0.15, -0.1) is 0 Å². The zero-order valence-corrected chi connectivity index (χ0v) is 15.1. The minimum atomic E-state index is -0.277. The molecule has 2 aromatic heterocycles. The molecule has 2 atom stereocenters. The van der Waals surface area contributed by atoms with E-state index >= 15 is 0 Å². The van der Waals surface area contributed by atoms with Crippen molar-refractivity contribution in [3.8, 4) is 0 Å². The van der Waals surface area contributed by atoms with Crippen LogP contribution in [0.25, 0.3) is 0 Å². The van der Waals surface area contributed by atoms with Crippen LogP contribution in [0.15, 0.2) is 18.2 Å². The van der Waals surface area contributed by atoms with Crippen LogP contribution in [0, 0.1) is 5.41 Å². The fourth-order valence-corrected chi connectivity index (χ4v) is 4.48. The number of aromatic nitrogens is 3. The van der Waals surface area contributed by atoms with Gasteiger partial charge in [-0.3, -0.25) is 9.89 Å². The summed E-state index contributed by atoms with van der Waals surface area (Å²) in [7, 11) is 0. The number of pyridine rings is 1. The number of hydrogen-bond donors (Lipinski definition) is 2. The quantitative estimate of drug-likeness (QED) is 0.759. The Balaban J connectivity index is 1.50. The van der Waals surface area contributed by atoms with E-state index in [0.717, 1.165) is 67.5 Å². The van der Waals surface area contributed by atoms with Crippen LogP contribution >= 0.6 is 0 Å². The maximum absolute atomic E-state index is 13.2. The smallest absolute Gasteiger partial charge is 0.230 e. The topological polar surface area (TPSA) is 77.2 Å². The lowest BCUT2D eigenvalue weighted by molar-refractivity contribution is -0.141. The number of aryl methyl sites for hydroxylation is 1. The summed E-state index contributed by atoms with van der Waals surface area (Å²) in [6.07, 6.45) is 2.94. The van der Waals surface area contributed by atoms with Gasteiger partial charge in [-0.2, -0.15) is 5.10 Å². The highest BCUT2D eigenvalue weighted by atomic mass is 16.2. The van der Waals surface area contributed by atoms with Crippen LogP contribution < -0.4 is 5.32 Å². The van der Waals surface area contributed by atoms with Gasteiger partial charge in [0.15, 0.2) is 5.82 Å². The van der Waals surface area contributed by atoms with Gasteiger partial charge in [0.2, 0.25) is 5.91 Å². The van der Waals surface area contributed by atoms with E-state index < -0.39 is 0 Å². The highest BCUT2D eigenvalue weighted by Crippen LogP contribution is 2.36. The van der Waals surface area contributed by atoms with E-state index in [0.29, 0.717) is 13.1 Å². The third-order valence-corrected chi connectivity index (χ3v) is 5.97. The van der Waals surface area contributed by atoms with Gasteiger partial charge in [0.25, 0.3) is 0 Å². The molecule has 0 aliphatic carbocycles. The summed E-state index contributed by atoms with van der Waals surface area (Å²) < 4.78 is 0. The Hall–Kier alpha value is -2.41. The van der Waals surface area contributed by atoms with Gasteiger partial charge in [0, 0.05) is 17.8 Å². The van der Waals surface area contributed by atoms with E-state index in [9.17, 15) is 4.79 Å². The summed E-state index contributed by atoms with van der Waals surface area (Å²) in [5.41, 5.74) is 2.93. The zero-order valence-electron chi connectivity index (χ0n) is 15.1. The van der Waals surface area contributed by atoms with Gasteiger partial charge in [-0.1, -0.05) is 6.07 Å². The van der Waals surface area contributed by atoms with Crippen molar-refractivity contribution in [3.63, 3.8) is 0 Å².